The Morgan fingerprint density at radius 2 is 1.93 bits per heavy atom. The Morgan fingerprint density at radius 1 is 1.10 bits per heavy atom. The summed E-state index contributed by atoms with van der Waals surface area (Å²) in [4.78, 5) is 28.7. The van der Waals surface area contributed by atoms with Crippen LogP contribution in [0.15, 0.2) is 55.2 Å². The average molecular weight is 402 g/mol. The summed E-state index contributed by atoms with van der Waals surface area (Å²) in [6, 6.07) is 9.59. The fraction of sp³-hybridized carbons (Fsp3) is 0.273. The topological polar surface area (TPSA) is 84.7 Å². The third-order valence-electron chi connectivity index (χ3n) is 5.42. The van der Waals surface area contributed by atoms with Gasteiger partial charge in [0.2, 0.25) is 0 Å². The first-order chi connectivity index (χ1) is 14.8. The molecule has 4 aromatic rings. The third kappa shape index (κ3) is 3.40. The first kappa shape index (κ1) is 18.7. The number of hydrogen-bond acceptors (Lipinski definition) is 6. The van der Waals surface area contributed by atoms with E-state index in [0.717, 1.165) is 55.0 Å². The van der Waals surface area contributed by atoms with Crippen molar-refractivity contribution in [3.05, 3.63) is 60.8 Å². The van der Waals surface area contributed by atoms with Gasteiger partial charge in [-0.15, -0.1) is 0 Å². The average Bonchev–Trinajstić information content (AvgIpc) is 3.15. The molecule has 0 unspecified atom stereocenters. The fourth-order valence-electron chi connectivity index (χ4n) is 3.95. The van der Waals surface area contributed by atoms with Crippen molar-refractivity contribution in [2.75, 3.05) is 39.4 Å². The van der Waals surface area contributed by atoms with Crippen molar-refractivity contribution in [1.29, 1.82) is 0 Å². The minimum Gasteiger partial charge on any atom is -0.379 e. The number of amides is 1. The van der Waals surface area contributed by atoms with Gasteiger partial charge in [0.05, 0.1) is 35.4 Å². The van der Waals surface area contributed by atoms with Crippen molar-refractivity contribution >= 4 is 22.5 Å². The standard InChI is InChI=1S/C22H22N6O2/c29-22(24-8-10-27-11-13-30-14-12-27)18-17-3-1-2-9-28(17)21-19(18)20(25-15-26-21)16-4-6-23-7-5-16/h1-7,9,15H,8,10-14H2,(H,24,29). The predicted octanol–water partition coefficient (Wildman–Crippen LogP) is 2.01. The Morgan fingerprint density at radius 3 is 2.77 bits per heavy atom. The highest BCUT2D eigenvalue weighted by Crippen LogP contribution is 2.32. The summed E-state index contributed by atoms with van der Waals surface area (Å²) in [5.74, 6) is -0.118. The van der Waals surface area contributed by atoms with E-state index in [1.807, 2.05) is 40.9 Å². The van der Waals surface area contributed by atoms with E-state index in [1.54, 1.807) is 12.4 Å². The van der Waals surface area contributed by atoms with Gasteiger partial charge in [-0.2, -0.15) is 0 Å². The Bertz CT molecular complexity index is 1180. The lowest BCUT2D eigenvalue weighted by molar-refractivity contribution is 0.0383. The summed E-state index contributed by atoms with van der Waals surface area (Å²) in [7, 11) is 0. The molecule has 8 nitrogen and oxygen atoms in total. The molecule has 1 aliphatic heterocycles. The zero-order valence-corrected chi connectivity index (χ0v) is 16.5. The molecule has 8 heteroatoms. The van der Waals surface area contributed by atoms with Crippen molar-refractivity contribution in [1.82, 2.24) is 29.6 Å². The van der Waals surface area contributed by atoms with Crippen molar-refractivity contribution in [2.45, 2.75) is 0 Å². The number of pyridine rings is 2. The first-order valence-corrected chi connectivity index (χ1v) is 10.1. The maximum atomic E-state index is 13.3. The van der Waals surface area contributed by atoms with Gasteiger partial charge in [-0.05, 0) is 24.3 Å². The summed E-state index contributed by atoms with van der Waals surface area (Å²) in [5.41, 5.74) is 3.75. The van der Waals surface area contributed by atoms with Crippen LogP contribution in [0.4, 0.5) is 0 Å². The lowest BCUT2D eigenvalue weighted by Gasteiger charge is -2.26. The molecular weight excluding hydrogens is 380 g/mol. The molecule has 0 aliphatic carbocycles. The van der Waals surface area contributed by atoms with E-state index in [2.05, 4.69) is 25.2 Å². The van der Waals surface area contributed by atoms with Gasteiger partial charge in [0.15, 0.2) is 0 Å². The second-order valence-electron chi connectivity index (χ2n) is 7.20. The van der Waals surface area contributed by atoms with Gasteiger partial charge in [-0.3, -0.25) is 14.7 Å². The van der Waals surface area contributed by atoms with Crippen molar-refractivity contribution in [3.8, 4) is 11.3 Å². The zero-order chi connectivity index (χ0) is 20.3. The van der Waals surface area contributed by atoms with Crippen LogP contribution in [-0.2, 0) is 4.74 Å². The molecule has 1 fully saturated rings. The SMILES string of the molecule is O=C(NCCN1CCOCC1)c1c2c(-c3ccncc3)ncnc2n2ccccc12. The molecule has 1 amide bonds. The monoisotopic (exact) mass is 402 g/mol. The van der Waals surface area contributed by atoms with Gasteiger partial charge in [-0.25, -0.2) is 9.97 Å². The molecule has 5 rings (SSSR count). The second kappa shape index (κ2) is 8.17. The van der Waals surface area contributed by atoms with Gasteiger partial charge in [-0.1, -0.05) is 6.07 Å². The predicted molar refractivity (Wildman–Crippen MR) is 113 cm³/mol. The lowest BCUT2D eigenvalue weighted by atomic mass is 10.1. The molecule has 0 aromatic carbocycles. The number of carbonyl (C=O) groups excluding carboxylic acids is 1. The van der Waals surface area contributed by atoms with Gasteiger partial charge in [0.1, 0.15) is 12.0 Å². The molecular formula is C22H22N6O2. The molecule has 30 heavy (non-hydrogen) atoms. The number of hydrogen-bond donors (Lipinski definition) is 1. The summed E-state index contributed by atoms with van der Waals surface area (Å²) in [5, 5.41) is 3.84. The highest BCUT2D eigenvalue weighted by Gasteiger charge is 2.23. The number of ether oxygens (including phenoxy) is 1. The van der Waals surface area contributed by atoms with Crippen LogP contribution in [-0.4, -0.2) is 69.6 Å². The maximum absolute atomic E-state index is 13.3. The van der Waals surface area contributed by atoms with Crippen LogP contribution < -0.4 is 5.32 Å². The van der Waals surface area contributed by atoms with Crippen LogP contribution in [0, 0.1) is 0 Å². The molecule has 4 aromatic heterocycles. The molecule has 152 valence electrons. The highest BCUT2D eigenvalue weighted by molar-refractivity contribution is 6.16. The van der Waals surface area contributed by atoms with Crippen LogP contribution in [0.5, 0.6) is 0 Å². The quantitative estimate of drug-likeness (QED) is 0.550. The van der Waals surface area contributed by atoms with Crippen molar-refractivity contribution in [2.24, 2.45) is 0 Å². The molecule has 5 heterocycles. The molecule has 0 atom stereocenters. The van der Waals surface area contributed by atoms with Crippen LogP contribution in [0.1, 0.15) is 10.4 Å². The van der Waals surface area contributed by atoms with Gasteiger partial charge >= 0.3 is 0 Å². The summed E-state index contributed by atoms with van der Waals surface area (Å²) in [6.07, 6.45) is 6.91. The summed E-state index contributed by atoms with van der Waals surface area (Å²) >= 11 is 0. The number of aromatic nitrogens is 4. The minimum atomic E-state index is -0.118. The molecule has 0 radical (unpaired) electrons. The van der Waals surface area contributed by atoms with Crippen LogP contribution in [0.25, 0.3) is 27.8 Å². The van der Waals surface area contributed by atoms with E-state index in [1.165, 1.54) is 6.33 Å². The van der Waals surface area contributed by atoms with E-state index >= 15 is 0 Å². The largest absolute Gasteiger partial charge is 0.379 e. The number of nitrogens with one attached hydrogen (secondary N) is 1. The van der Waals surface area contributed by atoms with E-state index < -0.39 is 0 Å². The normalized spacial score (nSPS) is 14.9. The summed E-state index contributed by atoms with van der Waals surface area (Å²) in [6.45, 7) is 4.65. The Hall–Kier alpha value is -3.36. The van der Waals surface area contributed by atoms with Gasteiger partial charge in [0.25, 0.3) is 5.91 Å². The van der Waals surface area contributed by atoms with E-state index in [4.69, 9.17) is 4.74 Å². The Balaban J connectivity index is 1.54. The van der Waals surface area contributed by atoms with Crippen LogP contribution >= 0.6 is 0 Å². The maximum Gasteiger partial charge on any atom is 0.254 e. The molecule has 0 bridgehead atoms. The van der Waals surface area contributed by atoms with Crippen LogP contribution in [0.2, 0.25) is 0 Å². The molecule has 1 saturated heterocycles. The Kier molecular flexibility index (Phi) is 5.08. The number of morpholine rings is 1. The molecule has 0 spiro atoms. The molecule has 1 aliphatic rings. The fourth-order valence-corrected chi connectivity index (χ4v) is 3.95. The number of nitrogens with zero attached hydrogens (tertiary/aromatic N) is 5. The van der Waals surface area contributed by atoms with E-state index in [-0.39, 0.29) is 5.91 Å². The Labute approximate surface area is 173 Å². The minimum absolute atomic E-state index is 0.118. The van der Waals surface area contributed by atoms with E-state index in [0.29, 0.717) is 17.8 Å². The third-order valence-corrected chi connectivity index (χ3v) is 5.42. The van der Waals surface area contributed by atoms with Crippen molar-refractivity contribution < 1.29 is 9.53 Å². The van der Waals surface area contributed by atoms with Crippen molar-refractivity contribution in [3.63, 3.8) is 0 Å². The summed E-state index contributed by atoms with van der Waals surface area (Å²) < 4.78 is 7.33. The number of rotatable bonds is 5. The van der Waals surface area contributed by atoms with Crippen LogP contribution in [0.3, 0.4) is 0 Å². The second-order valence-corrected chi connectivity index (χ2v) is 7.20. The first-order valence-electron chi connectivity index (χ1n) is 10.1. The number of fused-ring (bicyclic) bond motifs is 3. The molecule has 1 N–H and O–H groups in total. The zero-order valence-electron chi connectivity index (χ0n) is 16.5. The van der Waals surface area contributed by atoms with Gasteiger partial charge in [0, 0.05) is 50.3 Å². The van der Waals surface area contributed by atoms with E-state index in [9.17, 15) is 4.79 Å². The highest BCUT2D eigenvalue weighted by atomic mass is 16.5. The lowest BCUT2D eigenvalue weighted by Crippen LogP contribution is -2.41. The molecule has 0 saturated carbocycles. The smallest absolute Gasteiger partial charge is 0.254 e. The number of carbonyl (C=O) groups is 1. The van der Waals surface area contributed by atoms with Gasteiger partial charge < -0.3 is 14.5 Å².